The number of hydrogen-bond acceptors (Lipinski definition) is 2. The zero-order chi connectivity index (χ0) is 59.6. The van der Waals surface area contributed by atoms with Crippen molar-refractivity contribution in [2.75, 3.05) is 9.80 Å². The summed E-state index contributed by atoms with van der Waals surface area (Å²) in [6.07, 6.45) is 0. The fourth-order valence-electron chi connectivity index (χ4n) is 14.2. The van der Waals surface area contributed by atoms with Crippen molar-refractivity contribution < 1.29 is 0 Å². The lowest BCUT2D eigenvalue weighted by molar-refractivity contribution is 1.20. The predicted octanol–water partition coefficient (Wildman–Crippen LogP) is 24.4. The molecule has 0 radical (unpaired) electrons. The van der Waals surface area contributed by atoms with E-state index in [-0.39, 0.29) is 0 Å². The highest BCUT2D eigenvalue weighted by molar-refractivity contribution is 6.33. The molecule has 0 aliphatic heterocycles. The molecule has 15 rings (SSSR count). The third kappa shape index (κ3) is 9.11. The van der Waals surface area contributed by atoms with Gasteiger partial charge < -0.3 is 9.80 Å². The minimum atomic E-state index is 1.10. The topological polar surface area (TPSA) is 6.48 Å². The Bertz CT molecular complexity index is 4630. The fraction of sp³-hybridized carbons (Fsp3) is 0.0698. The molecule has 0 atom stereocenters. The predicted molar refractivity (Wildman–Crippen MR) is 376 cm³/mol. The van der Waals surface area contributed by atoms with E-state index in [9.17, 15) is 0 Å². The quantitative estimate of drug-likeness (QED) is 0.120. The molecule has 2 heteroatoms. The van der Waals surface area contributed by atoms with Crippen molar-refractivity contribution in [3.05, 3.63) is 325 Å². The van der Waals surface area contributed by atoms with Gasteiger partial charge in [-0.3, -0.25) is 0 Å². The summed E-state index contributed by atoms with van der Waals surface area (Å²) < 4.78 is 0. The van der Waals surface area contributed by atoms with Crippen LogP contribution in [-0.4, -0.2) is 0 Å². The number of fused-ring (bicyclic) bond motifs is 6. The highest BCUT2D eigenvalue weighted by Crippen LogP contribution is 2.66. The molecule has 0 heterocycles. The van der Waals surface area contributed by atoms with Gasteiger partial charge in [-0.05, 0) is 222 Å². The summed E-state index contributed by atoms with van der Waals surface area (Å²) in [7, 11) is 0. The molecule has 0 spiro atoms. The molecule has 2 nitrogen and oxygen atoms in total. The molecule has 420 valence electrons. The standard InChI is InChI=1S/C86H66N2/c1-55-43-45-67(61-31-13-7-14-32-61)51-75(55)87(85-57(3)27-25-28-58(85)4)69-47-49-71-73(53-69)79(65-39-21-11-22-40-65)83-81(77(71)63-35-17-9-18-36-63)82-78(64-37-19-10-20-38-64)72-50-48-70(54-74(72)80(84(82)83)66-41-23-12-24-42-66)88(86-59(5)29-26-30-60(86)6)76-52-68(46-44-56(76)2)62-33-15-8-16-34-62/h7-54H,1-6H3. The van der Waals surface area contributed by atoms with E-state index in [1.165, 1.54) is 155 Å². The average molecular weight is 1130 g/mol. The van der Waals surface area contributed by atoms with Gasteiger partial charge in [0.1, 0.15) is 0 Å². The van der Waals surface area contributed by atoms with Crippen molar-refractivity contribution >= 4 is 55.7 Å². The molecule has 0 bridgehead atoms. The number of anilines is 6. The minimum absolute atomic E-state index is 1.10. The van der Waals surface area contributed by atoms with Crippen LogP contribution in [0.4, 0.5) is 34.1 Å². The third-order valence-corrected chi connectivity index (χ3v) is 18.3. The molecule has 14 aromatic rings. The van der Waals surface area contributed by atoms with Crippen LogP contribution in [0.25, 0.3) is 111 Å². The molecular weight excluding hydrogens is 1060 g/mol. The maximum Gasteiger partial charge on any atom is 0.0520 e. The first kappa shape index (κ1) is 53.9. The Morgan fingerprint density at radius 1 is 0.182 bits per heavy atom. The van der Waals surface area contributed by atoms with Crippen LogP contribution in [0.15, 0.2) is 291 Å². The van der Waals surface area contributed by atoms with E-state index in [0.29, 0.717) is 0 Å². The summed E-state index contributed by atoms with van der Waals surface area (Å²) in [6.45, 7) is 13.5. The Balaban J connectivity index is 1.08. The Morgan fingerprint density at radius 3 is 0.750 bits per heavy atom. The Morgan fingerprint density at radius 2 is 0.455 bits per heavy atom. The van der Waals surface area contributed by atoms with Crippen LogP contribution in [0.3, 0.4) is 0 Å². The minimum Gasteiger partial charge on any atom is -0.310 e. The molecule has 88 heavy (non-hydrogen) atoms. The maximum atomic E-state index is 2.53. The number of hydrogen-bond donors (Lipinski definition) is 0. The third-order valence-electron chi connectivity index (χ3n) is 18.3. The molecular formula is C86H66N2. The summed E-state index contributed by atoms with van der Waals surface area (Å²) in [6, 6.07) is 108. The van der Waals surface area contributed by atoms with E-state index in [4.69, 9.17) is 0 Å². The van der Waals surface area contributed by atoms with E-state index in [2.05, 4.69) is 343 Å². The Hall–Kier alpha value is -10.8. The van der Waals surface area contributed by atoms with Gasteiger partial charge in [-0.25, -0.2) is 0 Å². The first-order chi connectivity index (χ1) is 43.2. The second-order valence-corrected chi connectivity index (χ2v) is 23.8. The van der Waals surface area contributed by atoms with Gasteiger partial charge >= 0.3 is 0 Å². The molecule has 1 aliphatic rings. The number of nitrogens with zero attached hydrogens (tertiary/aromatic N) is 2. The van der Waals surface area contributed by atoms with E-state index >= 15 is 0 Å². The van der Waals surface area contributed by atoms with Gasteiger partial charge in [-0.2, -0.15) is 0 Å². The van der Waals surface area contributed by atoms with E-state index < -0.39 is 0 Å². The number of rotatable bonds is 12. The summed E-state index contributed by atoms with van der Waals surface area (Å²) in [5.41, 5.74) is 33.6. The van der Waals surface area contributed by atoms with Crippen LogP contribution in [0.5, 0.6) is 0 Å². The molecule has 1 aliphatic carbocycles. The SMILES string of the molecule is Cc1ccc(-c2ccccc2)cc1N(c1ccc2c(-c3ccccc3)c3c(c(-c4ccccc4)c2c1)-c1c-3c(-c2ccccc2)c2ccc(N(c3cc(-c4ccccc4)ccc3C)c3c(C)cccc3C)cc2c1-c1ccccc1)c1c(C)cccc1C. The number of benzene rings is 14. The summed E-state index contributed by atoms with van der Waals surface area (Å²) >= 11 is 0. The van der Waals surface area contributed by atoms with Crippen LogP contribution in [-0.2, 0) is 0 Å². The second-order valence-electron chi connectivity index (χ2n) is 23.8. The van der Waals surface area contributed by atoms with Crippen molar-refractivity contribution in [1.29, 1.82) is 0 Å². The van der Waals surface area contributed by atoms with E-state index in [1.54, 1.807) is 0 Å². The summed E-state index contributed by atoms with van der Waals surface area (Å²) in [5, 5.41) is 4.82. The molecule has 0 fully saturated rings. The van der Waals surface area contributed by atoms with E-state index in [1.807, 2.05) is 0 Å². The Labute approximate surface area is 517 Å². The monoisotopic (exact) mass is 1130 g/mol. The van der Waals surface area contributed by atoms with Crippen molar-refractivity contribution in [2.24, 2.45) is 0 Å². The molecule has 0 saturated heterocycles. The summed E-state index contributed by atoms with van der Waals surface area (Å²) in [4.78, 5) is 5.07. The lowest BCUT2D eigenvalue weighted by Crippen LogP contribution is -2.15. The molecule has 14 aromatic carbocycles. The van der Waals surface area contributed by atoms with Crippen LogP contribution in [0.2, 0.25) is 0 Å². The van der Waals surface area contributed by atoms with Crippen molar-refractivity contribution in [3.8, 4) is 89.0 Å². The second kappa shape index (κ2) is 22.2. The van der Waals surface area contributed by atoms with E-state index in [0.717, 1.165) is 22.7 Å². The summed E-state index contributed by atoms with van der Waals surface area (Å²) in [5.74, 6) is 0. The van der Waals surface area contributed by atoms with Crippen molar-refractivity contribution in [3.63, 3.8) is 0 Å². The smallest absolute Gasteiger partial charge is 0.0520 e. The van der Waals surface area contributed by atoms with Crippen molar-refractivity contribution in [1.82, 2.24) is 0 Å². The van der Waals surface area contributed by atoms with Crippen molar-refractivity contribution in [2.45, 2.75) is 41.5 Å². The van der Waals surface area contributed by atoms with Gasteiger partial charge in [0, 0.05) is 22.7 Å². The van der Waals surface area contributed by atoms with Gasteiger partial charge in [0.25, 0.3) is 0 Å². The molecule has 0 unspecified atom stereocenters. The fourth-order valence-corrected chi connectivity index (χ4v) is 14.2. The molecule has 0 N–H and O–H groups in total. The molecule has 0 aromatic heterocycles. The normalized spacial score (nSPS) is 11.5. The lowest BCUT2D eigenvalue weighted by Gasteiger charge is -2.38. The highest BCUT2D eigenvalue weighted by Gasteiger charge is 2.39. The first-order valence-electron chi connectivity index (χ1n) is 30.7. The highest BCUT2D eigenvalue weighted by atomic mass is 15.2. The van der Waals surface area contributed by atoms with Crippen LogP contribution < -0.4 is 9.80 Å². The zero-order valence-corrected chi connectivity index (χ0v) is 50.6. The van der Waals surface area contributed by atoms with Gasteiger partial charge in [0.15, 0.2) is 0 Å². The molecule has 0 saturated carbocycles. The van der Waals surface area contributed by atoms with Gasteiger partial charge in [-0.1, -0.05) is 255 Å². The largest absolute Gasteiger partial charge is 0.310 e. The van der Waals surface area contributed by atoms with Gasteiger partial charge in [-0.15, -0.1) is 0 Å². The average Bonchev–Trinajstić information content (AvgIpc) is 0.675. The van der Waals surface area contributed by atoms with Gasteiger partial charge in [0.05, 0.1) is 11.4 Å². The van der Waals surface area contributed by atoms with Crippen LogP contribution in [0, 0.1) is 41.5 Å². The lowest BCUT2D eigenvalue weighted by atomic mass is 9.65. The van der Waals surface area contributed by atoms with Gasteiger partial charge in [0.2, 0.25) is 0 Å². The van der Waals surface area contributed by atoms with Crippen LogP contribution >= 0.6 is 0 Å². The molecule has 0 amide bonds. The zero-order valence-electron chi connectivity index (χ0n) is 50.6. The number of para-hydroxylation sites is 2. The van der Waals surface area contributed by atoms with Crippen LogP contribution in [0.1, 0.15) is 33.4 Å². The Kier molecular flexibility index (Phi) is 13.6. The number of aryl methyl sites for hydroxylation is 6. The first-order valence-corrected chi connectivity index (χ1v) is 30.7. The maximum absolute atomic E-state index is 2.53.